The molecule has 2 aromatic carbocycles. The number of ether oxygens (including phenoxy) is 2. The first kappa shape index (κ1) is 16.4. The lowest BCUT2D eigenvalue weighted by molar-refractivity contribution is -0.135. The second kappa shape index (κ2) is 6.13. The van der Waals surface area contributed by atoms with Gasteiger partial charge < -0.3 is 19.0 Å². The Hall–Kier alpha value is -3.80. The molecule has 3 aromatic rings. The number of carbonyl (C=O) groups is 2. The van der Waals surface area contributed by atoms with E-state index >= 15 is 0 Å². The maximum absolute atomic E-state index is 12.8. The van der Waals surface area contributed by atoms with Crippen LogP contribution in [0.15, 0.2) is 65.0 Å². The van der Waals surface area contributed by atoms with Crippen LogP contribution in [0.4, 0.5) is 0 Å². The summed E-state index contributed by atoms with van der Waals surface area (Å²) in [5.41, 5.74) is 1.89. The molecule has 0 unspecified atom stereocenters. The van der Waals surface area contributed by atoms with Crippen molar-refractivity contribution in [1.82, 2.24) is 0 Å². The first-order chi connectivity index (χ1) is 13.6. The van der Waals surface area contributed by atoms with Gasteiger partial charge in [-0.15, -0.1) is 0 Å². The summed E-state index contributed by atoms with van der Waals surface area (Å²) in [4.78, 5) is 24.9. The molecule has 5 rings (SSSR count). The van der Waals surface area contributed by atoms with Crippen molar-refractivity contribution in [2.45, 2.75) is 12.3 Å². The minimum atomic E-state index is -0.360. The van der Waals surface area contributed by atoms with Gasteiger partial charge in [0.2, 0.25) is 5.78 Å². The summed E-state index contributed by atoms with van der Waals surface area (Å²) < 4.78 is 16.6. The molecule has 2 aliphatic rings. The molecular formula is C22H14O6. The highest BCUT2D eigenvalue weighted by Gasteiger charge is 2.38. The summed E-state index contributed by atoms with van der Waals surface area (Å²) >= 11 is 0. The van der Waals surface area contributed by atoms with Crippen LogP contribution in [0.3, 0.4) is 0 Å². The molecule has 0 spiro atoms. The quantitative estimate of drug-likeness (QED) is 0.414. The molecule has 2 aliphatic heterocycles. The van der Waals surface area contributed by atoms with E-state index in [0.29, 0.717) is 28.4 Å². The van der Waals surface area contributed by atoms with Crippen LogP contribution in [-0.4, -0.2) is 16.9 Å². The van der Waals surface area contributed by atoms with Gasteiger partial charge in [-0.3, -0.25) is 9.59 Å². The molecule has 3 heterocycles. The fourth-order valence-corrected chi connectivity index (χ4v) is 3.60. The molecular weight excluding hydrogens is 360 g/mol. The molecule has 138 valence electrons. The standard InChI is InChI=1S/C22H14O6/c23-13-5-3-12(4-6-13)16-11-19(24)27-17-8-7-15-21(25)18(28-22(15)20(16)17)10-14-2-1-9-26-14/h1-10,16,23H,11H2/b18-10-/t16-/m1/s1. The van der Waals surface area contributed by atoms with Crippen molar-refractivity contribution < 1.29 is 28.6 Å². The average Bonchev–Trinajstić information content (AvgIpc) is 3.30. The van der Waals surface area contributed by atoms with E-state index in [-0.39, 0.29) is 35.6 Å². The number of furan rings is 1. The Balaban J connectivity index is 1.64. The fraction of sp³-hybridized carbons (Fsp3) is 0.0909. The molecule has 1 aromatic heterocycles. The summed E-state index contributed by atoms with van der Waals surface area (Å²) in [6.45, 7) is 0. The summed E-state index contributed by atoms with van der Waals surface area (Å²) in [5, 5.41) is 9.57. The van der Waals surface area contributed by atoms with E-state index < -0.39 is 0 Å². The van der Waals surface area contributed by atoms with E-state index in [9.17, 15) is 14.7 Å². The van der Waals surface area contributed by atoms with Gasteiger partial charge in [0, 0.05) is 17.6 Å². The zero-order valence-electron chi connectivity index (χ0n) is 14.5. The topological polar surface area (TPSA) is 86.0 Å². The molecule has 0 saturated carbocycles. The third kappa shape index (κ3) is 2.58. The Bertz CT molecular complexity index is 1120. The second-order valence-electron chi connectivity index (χ2n) is 6.63. The molecule has 0 radical (unpaired) electrons. The van der Waals surface area contributed by atoms with Crippen molar-refractivity contribution in [3.8, 4) is 17.2 Å². The minimum Gasteiger partial charge on any atom is -0.508 e. The van der Waals surface area contributed by atoms with E-state index in [1.54, 1.807) is 54.6 Å². The van der Waals surface area contributed by atoms with Gasteiger partial charge in [-0.25, -0.2) is 0 Å². The number of hydrogen-bond acceptors (Lipinski definition) is 6. The number of fused-ring (bicyclic) bond motifs is 3. The summed E-state index contributed by atoms with van der Waals surface area (Å²) in [6, 6.07) is 13.3. The summed E-state index contributed by atoms with van der Waals surface area (Å²) in [6.07, 6.45) is 3.17. The smallest absolute Gasteiger partial charge is 0.312 e. The number of allylic oxidation sites excluding steroid dienone is 1. The van der Waals surface area contributed by atoms with Gasteiger partial charge in [0.15, 0.2) is 5.76 Å². The number of phenolic OH excluding ortho intramolecular Hbond substituents is 1. The number of ketones is 1. The van der Waals surface area contributed by atoms with Crippen molar-refractivity contribution >= 4 is 17.8 Å². The molecule has 0 fully saturated rings. The zero-order chi connectivity index (χ0) is 19.3. The van der Waals surface area contributed by atoms with E-state index in [2.05, 4.69) is 0 Å². The maximum atomic E-state index is 12.8. The molecule has 0 amide bonds. The molecule has 0 saturated heterocycles. The van der Waals surface area contributed by atoms with Gasteiger partial charge >= 0.3 is 5.97 Å². The number of carbonyl (C=O) groups excluding carboxylic acids is 2. The van der Waals surface area contributed by atoms with Crippen LogP contribution in [0.25, 0.3) is 6.08 Å². The molecule has 1 atom stereocenters. The zero-order valence-corrected chi connectivity index (χ0v) is 14.5. The summed E-state index contributed by atoms with van der Waals surface area (Å²) in [7, 11) is 0. The van der Waals surface area contributed by atoms with Gasteiger partial charge in [0.1, 0.15) is 23.0 Å². The molecule has 1 N–H and O–H groups in total. The fourth-order valence-electron chi connectivity index (χ4n) is 3.60. The van der Waals surface area contributed by atoms with Crippen LogP contribution < -0.4 is 9.47 Å². The SMILES string of the molecule is O=C1C[C@H](c2ccc(O)cc2)c2c(ccc3c2O/C(=C\c2ccco2)C3=O)O1. The van der Waals surface area contributed by atoms with Crippen LogP contribution in [0, 0.1) is 0 Å². The monoisotopic (exact) mass is 374 g/mol. The molecule has 0 bridgehead atoms. The lowest BCUT2D eigenvalue weighted by Crippen LogP contribution is -2.21. The third-order valence-electron chi connectivity index (χ3n) is 4.89. The first-order valence-corrected chi connectivity index (χ1v) is 8.74. The van der Waals surface area contributed by atoms with Gasteiger partial charge in [0.25, 0.3) is 0 Å². The lowest BCUT2D eigenvalue weighted by Gasteiger charge is -2.26. The highest BCUT2D eigenvalue weighted by Crippen LogP contribution is 2.49. The van der Waals surface area contributed by atoms with Crippen LogP contribution in [0.5, 0.6) is 17.2 Å². The molecule has 6 nitrogen and oxygen atoms in total. The minimum absolute atomic E-state index is 0.114. The molecule has 6 heteroatoms. The van der Waals surface area contributed by atoms with E-state index in [0.717, 1.165) is 5.56 Å². The van der Waals surface area contributed by atoms with Gasteiger partial charge in [-0.2, -0.15) is 0 Å². The predicted molar refractivity (Wildman–Crippen MR) is 98.3 cm³/mol. The Morgan fingerprint density at radius 2 is 1.82 bits per heavy atom. The highest BCUT2D eigenvalue weighted by atomic mass is 16.5. The molecule has 0 aliphatic carbocycles. The number of esters is 1. The van der Waals surface area contributed by atoms with Crippen molar-refractivity contribution in [3.63, 3.8) is 0 Å². The Morgan fingerprint density at radius 1 is 1.00 bits per heavy atom. The Kier molecular flexibility index (Phi) is 3.58. The number of hydrogen-bond donors (Lipinski definition) is 1. The van der Waals surface area contributed by atoms with Gasteiger partial charge in [-0.1, -0.05) is 12.1 Å². The van der Waals surface area contributed by atoms with Crippen molar-refractivity contribution in [1.29, 1.82) is 0 Å². The number of phenols is 1. The predicted octanol–water partition coefficient (Wildman–Crippen LogP) is 4.04. The largest absolute Gasteiger partial charge is 0.508 e. The third-order valence-corrected chi connectivity index (χ3v) is 4.89. The average molecular weight is 374 g/mol. The van der Waals surface area contributed by atoms with Crippen LogP contribution in [0.2, 0.25) is 0 Å². The van der Waals surface area contributed by atoms with Crippen LogP contribution >= 0.6 is 0 Å². The molecule has 28 heavy (non-hydrogen) atoms. The van der Waals surface area contributed by atoms with Crippen LogP contribution in [-0.2, 0) is 4.79 Å². The van der Waals surface area contributed by atoms with E-state index in [4.69, 9.17) is 13.9 Å². The Morgan fingerprint density at radius 3 is 2.57 bits per heavy atom. The van der Waals surface area contributed by atoms with Crippen molar-refractivity contribution in [2.75, 3.05) is 0 Å². The number of benzene rings is 2. The van der Waals surface area contributed by atoms with Gasteiger partial charge in [0.05, 0.1) is 18.2 Å². The maximum Gasteiger partial charge on any atom is 0.312 e. The lowest BCUT2D eigenvalue weighted by atomic mass is 9.84. The van der Waals surface area contributed by atoms with E-state index in [1.165, 1.54) is 6.26 Å². The van der Waals surface area contributed by atoms with Crippen LogP contribution in [0.1, 0.15) is 39.6 Å². The second-order valence-corrected chi connectivity index (χ2v) is 6.63. The summed E-state index contributed by atoms with van der Waals surface area (Å²) in [5.74, 6) is 0.604. The number of rotatable bonds is 2. The van der Waals surface area contributed by atoms with Crippen molar-refractivity contribution in [3.05, 3.63) is 83.0 Å². The number of aromatic hydroxyl groups is 1. The number of Topliss-reactive ketones (excluding diaryl/α,β-unsaturated/α-hetero) is 1. The van der Waals surface area contributed by atoms with E-state index in [1.807, 2.05) is 0 Å². The van der Waals surface area contributed by atoms with Gasteiger partial charge in [-0.05, 0) is 42.0 Å². The highest BCUT2D eigenvalue weighted by molar-refractivity contribution is 6.15. The van der Waals surface area contributed by atoms with Crippen molar-refractivity contribution in [2.24, 2.45) is 0 Å². The Labute approximate surface area is 159 Å². The normalized spacial score (nSPS) is 19.1. The first-order valence-electron chi connectivity index (χ1n) is 8.74.